The molecule has 1 heterocycles. The molecule has 0 bridgehead atoms. The zero-order valence-electron chi connectivity index (χ0n) is 8.32. The van der Waals surface area contributed by atoms with Crippen LogP contribution in [0.3, 0.4) is 0 Å². The summed E-state index contributed by atoms with van der Waals surface area (Å²) in [4.78, 5) is 11.5. The molecular formula is C10H8F2N2O2. The largest absolute Gasteiger partial charge is 0.493 e. The van der Waals surface area contributed by atoms with Gasteiger partial charge in [0.1, 0.15) is 11.6 Å². The van der Waals surface area contributed by atoms with Gasteiger partial charge in [-0.15, -0.1) is 0 Å². The Kier molecular flexibility index (Phi) is 2.26. The highest BCUT2D eigenvalue weighted by atomic mass is 19.1. The first-order valence-corrected chi connectivity index (χ1v) is 4.43. The average Bonchev–Trinajstić information content (AvgIpc) is 2.46. The Morgan fingerprint density at radius 1 is 1.31 bits per heavy atom. The van der Waals surface area contributed by atoms with Gasteiger partial charge in [0.2, 0.25) is 5.88 Å². The van der Waals surface area contributed by atoms with E-state index in [9.17, 15) is 18.7 Å². The van der Waals surface area contributed by atoms with Gasteiger partial charge in [-0.25, -0.2) is 18.1 Å². The van der Waals surface area contributed by atoms with Crippen molar-refractivity contribution in [3.63, 3.8) is 0 Å². The van der Waals surface area contributed by atoms with E-state index in [0.717, 1.165) is 29.0 Å². The third-order valence-electron chi connectivity index (χ3n) is 2.18. The van der Waals surface area contributed by atoms with Crippen molar-refractivity contribution in [2.75, 3.05) is 0 Å². The molecule has 1 aromatic heterocycles. The van der Waals surface area contributed by atoms with Crippen LogP contribution in [0.1, 0.15) is 0 Å². The number of aromatic hydroxyl groups is 1. The topological polar surface area (TPSA) is 47.2 Å². The zero-order chi connectivity index (χ0) is 11.9. The van der Waals surface area contributed by atoms with Gasteiger partial charge < -0.3 is 5.11 Å². The maximum Gasteiger partial charge on any atom is 0.335 e. The molecule has 4 nitrogen and oxygen atoms in total. The molecule has 2 aromatic rings. The van der Waals surface area contributed by atoms with E-state index in [0.29, 0.717) is 4.57 Å². The summed E-state index contributed by atoms with van der Waals surface area (Å²) in [6, 6.07) is 2.67. The first kappa shape index (κ1) is 10.4. The number of nitrogens with zero attached hydrogens (tertiary/aromatic N) is 2. The molecule has 0 radical (unpaired) electrons. The van der Waals surface area contributed by atoms with Crippen LogP contribution in [0.2, 0.25) is 0 Å². The molecule has 0 aliphatic heterocycles. The van der Waals surface area contributed by atoms with Crippen molar-refractivity contribution >= 4 is 0 Å². The number of rotatable bonds is 1. The van der Waals surface area contributed by atoms with Crippen molar-refractivity contribution < 1.29 is 13.9 Å². The molecule has 0 saturated heterocycles. The Hall–Kier alpha value is -2.11. The summed E-state index contributed by atoms with van der Waals surface area (Å²) in [5.74, 6) is -1.92. The Labute approximate surface area is 89.0 Å². The summed E-state index contributed by atoms with van der Waals surface area (Å²) in [6.45, 7) is 0. The van der Waals surface area contributed by atoms with Crippen molar-refractivity contribution in [2.45, 2.75) is 0 Å². The fourth-order valence-corrected chi connectivity index (χ4v) is 1.43. The molecule has 0 aliphatic rings. The zero-order valence-corrected chi connectivity index (χ0v) is 8.32. The predicted octanol–water partition coefficient (Wildman–Crippen LogP) is 1.16. The normalized spacial score (nSPS) is 10.7. The number of aryl methyl sites for hydroxylation is 1. The van der Waals surface area contributed by atoms with Gasteiger partial charge in [-0.2, -0.15) is 0 Å². The maximum absolute atomic E-state index is 13.4. The minimum Gasteiger partial charge on any atom is -0.493 e. The molecule has 0 unspecified atom stereocenters. The van der Waals surface area contributed by atoms with E-state index in [1.165, 1.54) is 7.05 Å². The van der Waals surface area contributed by atoms with E-state index in [1.54, 1.807) is 0 Å². The SMILES string of the molecule is Cn1cc(O)n(-c2cc(F)ccc2F)c1=O. The van der Waals surface area contributed by atoms with Crippen LogP contribution >= 0.6 is 0 Å². The molecule has 0 aliphatic carbocycles. The van der Waals surface area contributed by atoms with Crippen LogP contribution in [0.4, 0.5) is 8.78 Å². The van der Waals surface area contributed by atoms with E-state index < -0.39 is 23.2 Å². The number of hydrogen-bond acceptors (Lipinski definition) is 2. The second-order valence-corrected chi connectivity index (χ2v) is 3.31. The van der Waals surface area contributed by atoms with E-state index >= 15 is 0 Å². The summed E-state index contributed by atoms with van der Waals surface area (Å²) in [6.07, 6.45) is 1.12. The summed E-state index contributed by atoms with van der Waals surface area (Å²) in [5, 5.41) is 9.43. The fourth-order valence-electron chi connectivity index (χ4n) is 1.43. The van der Waals surface area contributed by atoms with Crippen molar-refractivity contribution in [3.8, 4) is 11.6 Å². The lowest BCUT2D eigenvalue weighted by atomic mass is 10.3. The van der Waals surface area contributed by atoms with Gasteiger partial charge in [0, 0.05) is 13.1 Å². The van der Waals surface area contributed by atoms with Crippen molar-refractivity contribution in [1.82, 2.24) is 9.13 Å². The number of hydrogen-bond donors (Lipinski definition) is 1. The maximum atomic E-state index is 13.4. The molecule has 1 aromatic carbocycles. The molecule has 0 saturated carbocycles. The van der Waals surface area contributed by atoms with Crippen LogP contribution < -0.4 is 5.69 Å². The predicted molar refractivity (Wildman–Crippen MR) is 52.6 cm³/mol. The van der Waals surface area contributed by atoms with Crippen molar-refractivity contribution in [3.05, 3.63) is 46.5 Å². The van der Waals surface area contributed by atoms with Crippen LogP contribution in [0.5, 0.6) is 5.88 Å². The van der Waals surface area contributed by atoms with Crippen LogP contribution in [-0.4, -0.2) is 14.2 Å². The Morgan fingerprint density at radius 2 is 2.00 bits per heavy atom. The van der Waals surface area contributed by atoms with E-state index in [2.05, 4.69) is 0 Å². The highest BCUT2D eigenvalue weighted by Gasteiger charge is 2.14. The van der Waals surface area contributed by atoms with Gasteiger partial charge in [-0.1, -0.05) is 0 Å². The monoisotopic (exact) mass is 226 g/mol. The fraction of sp³-hybridized carbons (Fsp3) is 0.100. The number of halogens is 2. The van der Waals surface area contributed by atoms with Crippen LogP contribution in [0.15, 0.2) is 29.2 Å². The Balaban J connectivity index is 2.77. The second kappa shape index (κ2) is 3.48. The highest BCUT2D eigenvalue weighted by molar-refractivity contribution is 5.37. The van der Waals surface area contributed by atoms with Gasteiger partial charge in [-0.05, 0) is 12.1 Å². The van der Waals surface area contributed by atoms with E-state index in [4.69, 9.17) is 0 Å². The number of aromatic nitrogens is 2. The number of imidazole rings is 1. The summed E-state index contributed by atoms with van der Waals surface area (Å²) < 4.78 is 28.1. The summed E-state index contributed by atoms with van der Waals surface area (Å²) >= 11 is 0. The molecule has 0 spiro atoms. The molecule has 2 rings (SSSR count). The molecule has 0 atom stereocenters. The number of benzene rings is 1. The van der Waals surface area contributed by atoms with Crippen LogP contribution in [-0.2, 0) is 7.05 Å². The van der Waals surface area contributed by atoms with Gasteiger partial charge >= 0.3 is 5.69 Å². The van der Waals surface area contributed by atoms with E-state index in [-0.39, 0.29) is 5.69 Å². The standard InChI is InChI=1S/C10H8F2N2O2/c1-13-5-9(15)14(10(13)16)8-4-6(11)2-3-7(8)12/h2-5,15H,1H3. The van der Waals surface area contributed by atoms with Gasteiger partial charge in [-0.3, -0.25) is 4.57 Å². The third-order valence-corrected chi connectivity index (χ3v) is 2.18. The first-order chi connectivity index (χ1) is 7.50. The molecular weight excluding hydrogens is 218 g/mol. The minimum absolute atomic E-state index is 0.317. The molecule has 0 fully saturated rings. The van der Waals surface area contributed by atoms with Crippen molar-refractivity contribution in [1.29, 1.82) is 0 Å². The third kappa shape index (κ3) is 1.48. The van der Waals surface area contributed by atoms with Gasteiger partial charge in [0.25, 0.3) is 0 Å². The Morgan fingerprint density at radius 3 is 2.56 bits per heavy atom. The van der Waals surface area contributed by atoms with Gasteiger partial charge in [0.05, 0.1) is 11.9 Å². The molecule has 0 amide bonds. The Bertz CT molecular complexity index is 601. The lowest BCUT2D eigenvalue weighted by molar-refractivity contribution is 0.437. The second-order valence-electron chi connectivity index (χ2n) is 3.31. The minimum atomic E-state index is -0.787. The molecule has 1 N–H and O–H groups in total. The van der Waals surface area contributed by atoms with Crippen LogP contribution in [0.25, 0.3) is 5.69 Å². The first-order valence-electron chi connectivity index (χ1n) is 4.43. The summed E-state index contributed by atoms with van der Waals surface area (Å²) in [7, 11) is 1.40. The molecule has 6 heteroatoms. The van der Waals surface area contributed by atoms with Crippen molar-refractivity contribution in [2.24, 2.45) is 7.05 Å². The average molecular weight is 226 g/mol. The van der Waals surface area contributed by atoms with Crippen LogP contribution in [0, 0.1) is 11.6 Å². The molecule has 84 valence electrons. The smallest absolute Gasteiger partial charge is 0.335 e. The quantitative estimate of drug-likeness (QED) is 0.793. The lowest BCUT2D eigenvalue weighted by Crippen LogP contribution is -2.21. The van der Waals surface area contributed by atoms with Gasteiger partial charge in [0.15, 0.2) is 0 Å². The summed E-state index contributed by atoms with van der Waals surface area (Å²) in [5.41, 5.74) is -0.967. The highest BCUT2D eigenvalue weighted by Crippen LogP contribution is 2.18. The lowest BCUT2D eigenvalue weighted by Gasteiger charge is -2.04. The van der Waals surface area contributed by atoms with E-state index in [1.807, 2.05) is 0 Å². The molecule has 16 heavy (non-hydrogen) atoms.